The number of pyridine rings is 1. The Labute approximate surface area is 130 Å². The number of halogens is 2. The number of hydrogen-bond acceptors (Lipinski definition) is 2. The largest absolute Gasteiger partial charge is 0.367 e. The first-order valence-electron chi connectivity index (χ1n) is 6.80. The van der Waals surface area contributed by atoms with E-state index in [9.17, 15) is 0 Å². The maximum atomic E-state index is 6.24. The molecule has 0 atom stereocenters. The standard InChI is InChI=1S/C16H18Cl2N2/c1-2-3-9-20(14-7-5-4-6-8-14)12-13-11-19-16(18)10-15(13)17/h4-8,10-11H,2-3,9,12H2,1H3. The van der Waals surface area contributed by atoms with Gasteiger partial charge in [0.15, 0.2) is 0 Å². The third-order valence-electron chi connectivity index (χ3n) is 3.16. The molecule has 2 aromatic rings. The van der Waals surface area contributed by atoms with E-state index in [-0.39, 0.29) is 0 Å². The van der Waals surface area contributed by atoms with E-state index in [4.69, 9.17) is 23.2 Å². The molecule has 0 amide bonds. The molecule has 0 spiro atoms. The lowest BCUT2D eigenvalue weighted by Crippen LogP contribution is -2.24. The van der Waals surface area contributed by atoms with E-state index in [1.165, 1.54) is 5.69 Å². The Bertz CT molecular complexity index is 543. The number of unbranched alkanes of at least 4 members (excludes halogenated alkanes) is 1. The number of para-hydroxylation sites is 1. The van der Waals surface area contributed by atoms with E-state index in [0.717, 1.165) is 31.5 Å². The fourth-order valence-corrected chi connectivity index (χ4v) is 2.47. The molecule has 0 bridgehead atoms. The van der Waals surface area contributed by atoms with Crippen LogP contribution >= 0.6 is 23.2 Å². The summed E-state index contributed by atoms with van der Waals surface area (Å²) < 4.78 is 0. The van der Waals surface area contributed by atoms with Gasteiger partial charge in [0.2, 0.25) is 0 Å². The van der Waals surface area contributed by atoms with E-state index in [2.05, 4.69) is 41.1 Å². The van der Waals surface area contributed by atoms with Crippen molar-refractivity contribution >= 4 is 28.9 Å². The minimum absolute atomic E-state index is 0.429. The molecule has 0 N–H and O–H groups in total. The van der Waals surface area contributed by atoms with Gasteiger partial charge in [0.05, 0.1) is 5.02 Å². The molecule has 2 rings (SSSR count). The van der Waals surface area contributed by atoms with Gasteiger partial charge in [0.25, 0.3) is 0 Å². The van der Waals surface area contributed by atoms with Crippen LogP contribution in [0.3, 0.4) is 0 Å². The van der Waals surface area contributed by atoms with E-state index in [0.29, 0.717) is 10.2 Å². The molecule has 2 nitrogen and oxygen atoms in total. The van der Waals surface area contributed by atoms with Gasteiger partial charge in [-0.1, -0.05) is 54.7 Å². The van der Waals surface area contributed by atoms with Crippen molar-refractivity contribution in [3.05, 3.63) is 58.3 Å². The molecule has 0 saturated carbocycles. The van der Waals surface area contributed by atoms with Crippen molar-refractivity contribution < 1.29 is 0 Å². The Hall–Kier alpha value is -1.25. The Morgan fingerprint density at radius 3 is 2.55 bits per heavy atom. The van der Waals surface area contributed by atoms with Crippen molar-refractivity contribution in [2.45, 2.75) is 26.3 Å². The Kier molecular flexibility index (Phi) is 5.69. The molecule has 0 radical (unpaired) electrons. The number of hydrogen-bond donors (Lipinski definition) is 0. The lowest BCUT2D eigenvalue weighted by atomic mass is 10.2. The number of anilines is 1. The number of aromatic nitrogens is 1. The highest BCUT2D eigenvalue weighted by atomic mass is 35.5. The van der Waals surface area contributed by atoms with Crippen LogP contribution in [0.15, 0.2) is 42.6 Å². The van der Waals surface area contributed by atoms with Crippen LogP contribution in [0.1, 0.15) is 25.3 Å². The lowest BCUT2D eigenvalue weighted by molar-refractivity contribution is 0.715. The molecule has 0 saturated heterocycles. The van der Waals surface area contributed by atoms with Gasteiger partial charge in [0.1, 0.15) is 5.15 Å². The summed E-state index contributed by atoms with van der Waals surface area (Å²) in [5, 5.41) is 1.10. The number of rotatable bonds is 6. The van der Waals surface area contributed by atoms with E-state index >= 15 is 0 Å². The van der Waals surface area contributed by atoms with Gasteiger partial charge in [-0.25, -0.2) is 4.98 Å². The summed E-state index contributed by atoms with van der Waals surface area (Å²) in [5.41, 5.74) is 2.20. The molecule has 1 aromatic heterocycles. The van der Waals surface area contributed by atoms with Crippen molar-refractivity contribution in [2.24, 2.45) is 0 Å². The second-order valence-corrected chi connectivity index (χ2v) is 5.50. The van der Waals surface area contributed by atoms with E-state index in [1.54, 1.807) is 12.3 Å². The molecule has 0 aliphatic heterocycles. The fourth-order valence-electron chi connectivity index (χ4n) is 2.04. The van der Waals surface area contributed by atoms with Gasteiger partial charge in [-0.05, 0) is 24.6 Å². The molecule has 0 fully saturated rings. The zero-order valence-electron chi connectivity index (χ0n) is 11.5. The molecular formula is C16H18Cl2N2. The highest BCUT2D eigenvalue weighted by Gasteiger charge is 2.10. The minimum Gasteiger partial charge on any atom is -0.367 e. The lowest BCUT2D eigenvalue weighted by Gasteiger charge is -2.25. The third-order valence-corrected chi connectivity index (χ3v) is 3.72. The summed E-state index contributed by atoms with van der Waals surface area (Å²) in [7, 11) is 0. The predicted molar refractivity (Wildman–Crippen MR) is 86.7 cm³/mol. The maximum Gasteiger partial charge on any atom is 0.130 e. The molecule has 0 unspecified atom stereocenters. The molecule has 4 heteroatoms. The van der Waals surface area contributed by atoms with Gasteiger partial charge in [-0.2, -0.15) is 0 Å². The van der Waals surface area contributed by atoms with Gasteiger partial charge in [0, 0.05) is 30.5 Å². The van der Waals surface area contributed by atoms with Crippen LogP contribution < -0.4 is 4.90 Å². The molecule has 20 heavy (non-hydrogen) atoms. The number of nitrogens with zero attached hydrogens (tertiary/aromatic N) is 2. The SMILES string of the molecule is CCCCN(Cc1cnc(Cl)cc1Cl)c1ccccc1. The molecule has 1 aromatic carbocycles. The van der Waals surface area contributed by atoms with Crippen molar-refractivity contribution in [3.63, 3.8) is 0 Å². The van der Waals surface area contributed by atoms with Crippen molar-refractivity contribution in [1.29, 1.82) is 0 Å². The minimum atomic E-state index is 0.429. The second kappa shape index (κ2) is 7.51. The molecule has 1 heterocycles. The third kappa shape index (κ3) is 4.12. The summed E-state index contributed by atoms with van der Waals surface area (Å²) >= 11 is 12.1. The average molecular weight is 309 g/mol. The van der Waals surface area contributed by atoms with Crippen LogP contribution in [0.25, 0.3) is 0 Å². The second-order valence-electron chi connectivity index (χ2n) is 4.71. The van der Waals surface area contributed by atoms with Gasteiger partial charge in [-0.15, -0.1) is 0 Å². The van der Waals surface area contributed by atoms with E-state index in [1.807, 2.05) is 6.07 Å². The van der Waals surface area contributed by atoms with Crippen LogP contribution in [0, 0.1) is 0 Å². The first-order chi connectivity index (χ1) is 9.70. The molecule has 0 aliphatic rings. The van der Waals surface area contributed by atoms with Gasteiger partial charge >= 0.3 is 0 Å². The van der Waals surface area contributed by atoms with Crippen LogP contribution in [-0.4, -0.2) is 11.5 Å². The maximum absolute atomic E-state index is 6.24. The molecule has 0 aliphatic carbocycles. The summed E-state index contributed by atoms with van der Waals surface area (Å²) in [6.07, 6.45) is 4.07. The van der Waals surface area contributed by atoms with Crippen molar-refractivity contribution in [2.75, 3.05) is 11.4 Å². The van der Waals surface area contributed by atoms with Crippen LogP contribution in [0.2, 0.25) is 10.2 Å². The molecular weight excluding hydrogens is 291 g/mol. The normalized spacial score (nSPS) is 10.6. The summed E-state index contributed by atoms with van der Waals surface area (Å²) in [6, 6.07) is 12.1. The molecule has 106 valence electrons. The highest BCUT2D eigenvalue weighted by Crippen LogP contribution is 2.23. The zero-order valence-corrected chi connectivity index (χ0v) is 13.0. The Balaban J connectivity index is 2.19. The van der Waals surface area contributed by atoms with Gasteiger partial charge < -0.3 is 4.90 Å². The smallest absolute Gasteiger partial charge is 0.130 e. The Morgan fingerprint density at radius 1 is 1.15 bits per heavy atom. The van der Waals surface area contributed by atoms with E-state index < -0.39 is 0 Å². The van der Waals surface area contributed by atoms with Crippen LogP contribution in [0.5, 0.6) is 0 Å². The average Bonchev–Trinajstić information content (AvgIpc) is 2.46. The van der Waals surface area contributed by atoms with Crippen LogP contribution in [-0.2, 0) is 6.54 Å². The predicted octanol–water partition coefficient (Wildman–Crippen LogP) is 5.20. The quantitative estimate of drug-likeness (QED) is 0.682. The van der Waals surface area contributed by atoms with Crippen molar-refractivity contribution in [3.8, 4) is 0 Å². The zero-order chi connectivity index (χ0) is 14.4. The number of benzene rings is 1. The van der Waals surface area contributed by atoms with Crippen LogP contribution in [0.4, 0.5) is 5.69 Å². The first-order valence-corrected chi connectivity index (χ1v) is 7.56. The highest BCUT2D eigenvalue weighted by molar-refractivity contribution is 6.34. The monoisotopic (exact) mass is 308 g/mol. The first kappa shape index (κ1) is 15.1. The fraction of sp³-hybridized carbons (Fsp3) is 0.312. The summed E-state index contributed by atoms with van der Waals surface area (Å²) in [6.45, 7) is 3.94. The topological polar surface area (TPSA) is 16.1 Å². The summed E-state index contributed by atoms with van der Waals surface area (Å²) in [5.74, 6) is 0. The van der Waals surface area contributed by atoms with Gasteiger partial charge in [-0.3, -0.25) is 0 Å². The van der Waals surface area contributed by atoms with Crippen molar-refractivity contribution in [1.82, 2.24) is 4.98 Å². The summed E-state index contributed by atoms with van der Waals surface area (Å²) in [4.78, 5) is 6.44. The Morgan fingerprint density at radius 2 is 1.90 bits per heavy atom.